The lowest BCUT2D eigenvalue weighted by Gasteiger charge is -2.30. The fourth-order valence-electron chi connectivity index (χ4n) is 15.1. The number of anilines is 5. The molecule has 0 unspecified atom stereocenters. The second-order valence-corrected chi connectivity index (χ2v) is 57.4. The zero-order chi connectivity index (χ0) is 91.7. The Labute approximate surface area is 775 Å². The Kier molecular flexibility index (Phi) is 34.7. The lowest BCUT2D eigenvalue weighted by molar-refractivity contribution is 0.0885. The minimum atomic E-state index is -3.70. The number of H-pyrrole nitrogens is 1. The van der Waals surface area contributed by atoms with Crippen molar-refractivity contribution in [1.29, 1.82) is 0 Å². The highest BCUT2D eigenvalue weighted by atomic mass is 79.9. The van der Waals surface area contributed by atoms with Crippen LogP contribution in [0, 0.1) is 0 Å². The lowest BCUT2D eigenvalue weighted by Crippen LogP contribution is -2.42. The van der Waals surface area contributed by atoms with E-state index in [-0.39, 0.29) is 76.3 Å². The average molecular weight is 1980 g/mol. The van der Waals surface area contributed by atoms with Crippen LogP contribution >= 0.6 is 49.9 Å². The second kappa shape index (κ2) is 44.9. The van der Waals surface area contributed by atoms with E-state index in [1.807, 2.05) is 94.9 Å². The lowest BCUT2D eigenvalue weighted by atomic mass is 9.86. The fraction of sp³-hybridized carbons (Fsp3) is 0.552. The van der Waals surface area contributed by atoms with Crippen molar-refractivity contribution in [2.45, 2.75) is 272 Å². The van der Waals surface area contributed by atoms with E-state index in [4.69, 9.17) is 39.4 Å². The van der Waals surface area contributed by atoms with Gasteiger partial charge in [0.1, 0.15) is 13.5 Å². The number of alkyl carbamates (subject to hydrolysis) is 3. The van der Waals surface area contributed by atoms with Gasteiger partial charge in [-0.25, -0.2) is 69.5 Å². The van der Waals surface area contributed by atoms with E-state index in [1.165, 1.54) is 19.0 Å². The third-order valence-electron chi connectivity index (χ3n) is 22.7. The summed E-state index contributed by atoms with van der Waals surface area (Å²) in [6.45, 7) is 30.6. The Morgan fingerprint density at radius 1 is 0.477 bits per heavy atom. The number of rotatable bonds is 32. The summed E-state index contributed by atoms with van der Waals surface area (Å²) < 4.78 is 117. The molecule has 8 N–H and O–H groups in total. The van der Waals surface area contributed by atoms with Gasteiger partial charge in [-0.15, -0.1) is 34.0 Å². The minimum Gasteiger partial charge on any atom is -0.447 e. The van der Waals surface area contributed by atoms with Crippen LogP contribution < -0.4 is 32.3 Å². The molecule has 0 radical (unpaired) electrons. The molecule has 0 spiro atoms. The van der Waals surface area contributed by atoms with Crippen LogP contribution in [0.15, 0.2) is 130 Å². The molecule has 41 heteroatoms. The molecule has 15 rings (SSSR count). The molecule has 0 atom stereocenters. The van der Waals surface area contributed by atoms with Crippen LogP contribution in [0.25, 0.3) is 31.3 Å². The number of thiazole rings is 3. The van der Waals surface area contributed by atoms with Crippen molar-refractivity contribution in [3.63, 3.8) is 0 Å². The Bertz CT molecular complexity index is 5490. The van der Waals surface area contributed by atoms with Crippen molar-refractivity contribution in [2.75, 3.05) is 68.8 Å². The molecular formula is C87H125BrN18O14S6Si2. The highest BCUT2D eigenvalue weighted by molar-refractivity contribution is 9.10. The normalized spacial score (nSPS) is 19.5. The molecule has 128 heavy (non-hydrogen) atoms. The number of sulfonamides is 3. The number of nitrogens with zero attached hydrogens (tertiary/aromatic N) is 11. The molecule has 32 nitrogen and oxygen atoms in total. The van der Waals surface area contributed by atoms with Crippen LogP contribution in [0.5, 0.6) is 0 Å². The molecule has 3 saturated carbocycles. The van der Waals surface area contributed by atoms with Crippen molar-refractivity contribution in [2.24, 2.45) is 0 Å². The number of nitrogens with two attached hydrogens (primary N) is 1. The highest BCUT2D eigenvalue weighted by Gasteiger charge is 2.38. The minimum absolute atomic E-state index is 0.0903. The molecule has 6 aromatic heterocycles. The van der Waals surface area contributed by atoms with Gasteiger partial charge in [0.05, 0.1) is 62.7 Å². The number of nitrogens with one attached hydrogen (secondary N) is 6. The van der Waals surface area contributed by atoms with Crippen molar-refractivity contribution >= 4 is 144 Å². The Morgan fingerprint density at radius 2 is 0.836 bits per heavy atom. The summed E-state index contributed by atoms with van der Waals surface area (Å²) >= 11 is 8.09. The maximum Gasteiger partial charge on any atom is 0.407 e. The van der Waals surface area contributed by atoms with Gasteiger partial charge < -0.3 is 61.0 Å². The molecule has 698 valence electrons. The molecule has 9 aromatic rings. The van der Waals surface area contributed by atoms with Gasteiger partial charge in [-0.1, -0.05) is 73.4 Å². The van der Waals surface area contributed by atoms with Crippen molar-refractivity contribution in [3.8, 4) is 31.3 Å². The number of hydrogen-bond donors (Lipinski definition) is 7. The van der Waals surface area contributed by atoms with Gasteiger partial charge in [-0.3, -0.25) is 9.13 Å². The summed E-state index contributed by atoms with van der Waals surface area (Å²) in [6.07, 6.45) is 27.5. The van der Waals surface area contributed by atoms with E-state index in [0.717, 1.165) is 143 Å². The zero-order valence-corrected chi connectivity index (χ0v) is 83.7. The van der Waals surface area contributed by atoms with E-state index in [9.17, 15) is 39.6 Å². The topological polar surface area (TPSA) is 399 Å². The van der Waals surface area contributed by atoms with Crippen LogP contribution in [-0.2, 0) is 67.2 Å². The van der Waals surface area contributed by atoms with Gasteiger partial charge in [0.25, 0.3) is 0 Å². The standard InChI is InChI=1S/C31H46N6O5S2Si.C25H32N6O4S2.C22H28BrN3O4S2.C9H19N3OSi/c1-22(2)42-31(38)35-24-9-7-23(8-10-24)29-33-20-27(43-29)26-12-11-25(19-28(26)44(39,40)37-14-6-15-37)34-30-32-13-16-36(30)21-41-17-18-45(3,4)5;1-16(2)35-25(32)30-18-6-4-17(5-7-18)23-28-15-21(36-23)20-9-8-19(29-24-26-10-11-27-24)14-22(20)37(33,34)31-12-3-13-31;1-14(2)30-22(27)25-17-7-4-15(5-8-17)21-24-13-19(31-21)18-9-6-16(23)12-20(18)32(28,29)26-10-3-11-26;1-14(2,3)7-6-13-8-12-5-4-11-9(12)10/h11-13,16,19-20,22-24H,6-10,14-15,17-18,21H2,1-5H3,(H,32,34)(H,35,38);8-11,14-18H,3-7,12-13H2,1-2H3,(H,30,32)(H2,26,27,29);6,9,12-15,17H,3-5,7-8,10-11H2,1-2H3,(H,25,27);4-5H,6-8H2,1-3H3,(H2,10,11). The quantitative estimate of drug-likeness (QED) is 0.0117. The number of amides is 3. The SMILES string of the molecule is CC(C)OC(=O)NC1CCC(c2ncc(-c3ccc(Br)cc3S(=O)(=O)N3CCC3)s2)CC1.CC(C)OC(=O)NC1CCC(c2ncc(-c3ccc(Nc4ncc[nH]4)cc3S(=O)(=O)N3CCC3)s2)CC1.CC(C)OC(=O)NC1CCC(c2ncc(-c3ccc(Nc4nccn4COCC[Si](C)(C)C)cc3S(=O)(=O)N3CCC3)s2)CC1.C[Si](C)(C)CCOCn1ccnc1N. The first-order valence-electron chi connectivity index (χ1n) is 44.3. The van der Waals surface area contributed by atoms with E-state index in [2.05, 4.69) is 107 Å². The largest absolute Gasteiger partial charge is 0.447 e. The Hall–Kier alpha value is -8.05. The first kappa shape index (κ1) is 99.0. The molecule has 3 aliphatic carbocycles. The number of carbonyl (C=O) groups is 3. The van der Waals surface area contributed by atoms with Crippen LogP contribution in [-0.4, -0.2) is 206 Å². The third kappa shape index (κ3) is 27.8. The predicted octanol–water partition coefficient (Wildman–Crippen LogP) is 18.4. The number of hydrogen-bond acceptors (Lipinski definition) is 26. The summed E-state index contributed by atoms with van der Waals surface area (Å²) in [5, 5.41) is 18.4. The second-order valence-electron chi connectivity index (χ2n) is 36.3. The Balaban J connectivity index is 0.000000163. The van der Waals surface area contributed by atoms with E-state index < -0.39 is 46.2 Å². The maximum atomic E-state index is 13.8. The molecule has 6 aliphatic rings. The van der Waals surface area contributed by atoms with Gasteiger partial charge >= 0.3 is 18.3 Å². The van der Waals surface area contributed by atoms with E-state index in [1.54, 1.807) is 100 Å². The molecule has 0 bridgehead atoms. The average Bonchev–Trinajstić information content (AvgIpc) is 1.44. The first-order chi connectivity index (χ1) is 60.9. The number of aromatic amines is 1. The summed E-state index contributed by atoms with van der Waals surface area (Å²) in [4.78, 5) is 68.8. The summed E-state index contributed by atoms with van der Waals surface area (Å²) in [5.74, 6) is 2.52. The van der Waals surface area contributed by atoms with Crippen LogP contribution in [0.3, 0.4) is 0 Å². The molecule has 9 heterocycles. The molecule has 3 aromatic carbocycles. The number of benzene rings is 3. The Morgan fingerprint density at radius 3 is 1.18 bits per heavy atom. The van der Waals surface area contributed by atoms with Gasteiger partial charge in [0, 0.05) is 193 Å². The summed E-state index contributed by atoms with van der Waals surface area (Å²) in [5.41, 5.74) is 8.89. The van der Waals surface area contributed by atoms with Crippen molar-refractivity contribution in [1.82, 2.24) is 72.9 Å². The molecule has 3 aliphatic heterocycles. The number of halogens is 1. The summed E-state index contributed by atoms with van der Waals surface area (Å²) in [7, 11) is -13.0. The zero-order valence-electron chi connectivity index (χ0n) is 75.2. The molecule has 3 saturated heterocycles. The highest BCUT2D eigenvalue weighted by Crippen LogP contribution is 2.46. The molecule has 3 amide bonds. The number of aromatic nitrogens is 9. The van der Waals surface area contributed by atoms with Crippen molar-refractivity contribution < 1.29 is 63.3 Å². The van der Waals surface area contributed by atoms with Crippen molar-refractivity contribution in [3.05, 3.63) is 130 Å². The first-order valence-corrected chi connectivity index (χ1v) is 59.2. The predicted molar refractivity (Wildman–Crippen MR) is 512 cm³/mol. The number of nitrogen functional groups attached to an aromatic ring is 1. The maximum absolute atomic E-state index is 13.8. The number of imidazole rings is 3. The van der Waals surface area contributed by atoms with Gasteiger partial charge in [0.15, 0.2) is 0 Å². The van der Waals surface area contributed by atoms with Crippen LogP contribution in [0.2, 0.25) is 51.4 Å². The molecular weight excluding hydrogens is 1850 g/mol. The van der Waals surface area contributed by atoms with Gasteiger partial charge in [0.2, 0.25) is 47.9 Å². The number of carbonyl (C=O) groups excluding carboxylic acids is 3. The fourth-order valence-corrected chi connectivity index (χ4v) is 26.0. The third-order valence-corrected chi connectivity index (χ3v) is 36.0. The van der Waals surface area contributed by atoms with Crippen LogP contribution in [0.4, 0.5) is 43.6 Å². The van der Waals surface area contributed by atoms with E-state index >= 15 is 0 Å². The van der Waals surface area contributed by atoms with Gasteiger partial charge in [-0.05, 0) is 186 Å². The van der Waals surface area contributed by atoms with E-state index in [0.29, 0.717) is 116 Å². The monoisotopic (exact) mass is 1970 g/mol. The summed E-state index contributed by atoms with van der Waals surface area (Å²) in [6, 6.07) is 18.8. The number of ether oxygens (including phenoxy) is 5. The smallest absolute Gasteiger partial charge is 0.407 e. The molecule has 6 fully saturated rings. The van der Waals surface area contributed by atoms with Crippen LogP contribution in [0.1, 0.15) is 171 Å². The van der Waals surface area contributed by atoms with Gasteiger partial charge in [-0.2, -0.15) is 12.9 Å².